The first kappa shape index (κ1) is 84.8. The molecule has 2 fully saturated rings. The molecule has 4 heterocycles. The number of carbonyl (C=O) groups is 10. The Kier molecular flexibility index (Phi) is 28.6. The van der Waals surface area contributed by atoms with Crippen LogP contribution in [-0.4, -0.2) is 173 Å². The SMILES string of the molecule is C=CCCCN(Cc1ccc(CCCC(=O)[C@]2(C)CCCN2C(=O)[C@H](Cc2ccc(OC)cc2)NC(=O)[C@@H](NC(=O)[C@@H]2[C@@H]3CCN2C(=O)[C@H](Cc2cn(CC=C)c4ccc(F)cc24)CC(=O)[C@@H](NC(=O)OCC2c4ccccc4-c4ccccc42)Cc2cccc(c2)CNC(=O)CO3)[C@@H](C)OC(C)(C)C)cc1)C(=O)CCC(=O)OC. The van der Waals surface area contributed by atoms with E-state index in [2.05, 4.69) is 34.4 Å². The number of Topliss-reactive ketones (excluding diaryl/α,β-unsaturated/α-hetero) is 2. The zero-order chi connectivity index (χ0) is 82.1. The minimum Gasteiger partial charge on any atom is -0.497 e. The van der Waals surface area contributed by atoms with Crippen LogP contribution in [0.3, 0.4) is 0 Å². The molecule has 1 aromatic heterocycles. The number of nitrogens with zero attached hydrogens (tertiary/aromatic N) is 4. The Hall–Kier alpha value is -11.1. The molecule has 0 spiro atoms. The monoisotopic (exact) mass is 1570 g/mol. The molecule has 115 heavy (non-hydrogen) atoms. The van der Waals surface area contributed by atoms with E-state index in [9.17, 15) is 24.0 Å². The number of hydrogen-bond acceptors (Lipinski definition) is 15. The normalized spacial score (nSPS) is 19.2. The van der Waals surface area contributed by atoms with Crippen LogP contribution in [0.5, 0.6) is 5.75 Å². The fraction of sp³-hybridized carbons (Fsp3) is 0.429. The van der Waals surface area contributed by atoms with Gasteiger partial charge in [0.25, 0.3) is 0 Å². The number of ketones is 2. The maximum atomic E-state index is 16.2. The summed E-state index contributed by atoms with van der Waals surface area (Å²) in [6.45, 7) is 17.0. The number of amides is 7. The second-order valence-electron chi connectivity index (χ2n) is 31.6. The van der Waals surface area contributed by atoms with Gasteiger partial charge < -0.3 is 64.2 Å². The van der Waals surface area contributed by atoms with Crippen molar-refractivity contribution in [3.8, 4) is 16.9 Å². The molecular formula is C91H107FN8O15. The number of unbranched alkanes of at least 4 members (excludes halogenated alkanes) is 1. The number of benzene rings is 6. The number of alkyl carbamates (subject to hydrolysis) is 1. The van der Waals surface area contributed by atoms with Crippen LogP contribution in [0.2, 0.25) is 0 Å². The summed E-state index contributed by atoms with van der Waals surface area (Å²) in [7, 11) is 2.81. The first-order chi connectivity index (χ1) is 55.2. The quantitative estimate of drug-likeness (QED) is 0.0179. The van der Waals surface area contributed by atoms with Crippen molar-refractivity contribution >= 4 is 70.0 Å². The summed E-state index contributed by atoms with van der Waals surface area (Å²) in [5, 5.41) is 12.2. The van der Waals surface area contributed by atoms with E-state index in [0.717, 1.165) is 39.8 Å². The molecule has 4 bridgehead atoms. The fourth-order valence-electron chi connectivity index (χ4n) is 16.4. The number of fused-ring (bicyclic) bond motifs is 8. The topological polar surface area (TPSA) is 280 Å². The molecule has 0 radical (unpaired) electrons. The molecule has 7 aromatic rings. The van der Waals surface area contributed by atoms with Gasteiger partial charge in [-0.1, -0.05) is 121 Å². The average molecular weight is 1570 g/mol. The highest BCUT2D eigenvalue weighted by Crippen LogP contribution is 2.45. The predicted octanol–water partition coefficient (Wildman–Crippen LogP) is 11.5. The third kappa shape index (κ3) is 21.5. The molecule has 23 nitrogen and oxygen atoms in total. The molecule has 0 unspecified atom stereocenters. The molecule has 7 amide bonds. The molecule has 0 saturated carbocycles. The van der Waals surface area contributed by atoms with Gasteiger partial charge in [-0.2, -0.15) is 0 Å². The largest absolute Gasteiger partial charge is 0.497 e. The van der Waals surface area contributed by atoms with E-state index in [-0.39, 0.29) is 88.8 Å². The Morgan fingerprint density at radius 2 is 1.50 bits per heavy atom. The van der Waals surface area contributed by atoms with Crippen LogP contribution in [0, 0.1) is 11.7 Å². The average Bonchev–Trinajstić information content (AvgIpc) is 1.63. The van der Waals surface area contributed by atoms with Gasteiger partial charge in [0, 0.05) is 93.9 Å². The van der Waals surface area contributed by atoms with Gasteiger partial charge in [-0.3, -0.25) is 43.2 Å². The summed E-state index contributed by atoms with van der Waals surface area (Å²) >= 11 is 0. The Morgan fingerprint density at radius 1 is 0.791 bits per heavy atom. The predicted molar refractivity (Wildman–Crippen MR) is 433 cm³/mol. The zero-order valence-electron chi connectivity index (χ0n) is 66.9. The molecule has 4 aliphatic rings. The standard InChI is InChI=1S/C91H107FN8O15/c1-10-12-17-44-98(81(104)39-40-82(105)112-9)54-61-31-29-59(30-32-61)21-19-28-79(102)91(7)42-20-45-100(91)88(109)75(48-60-33-36-67(111-8)37-34-60)94-85(106)83(58(3)115-90(4,5)6)96-86(107)84-78-41-46-99(84)87(108)64(50-65-55-97(43-11-2)76-38-35-66(92)52-72(65)76)51-77(101)74(49-62-22-18-23-63(47-62)53-93-80(103)57-113-78)95-89(110)114-56-73-70-26-15-13-24-68(70)69-25-14-16-27-71(69)73/h10-11,13-16,18,22-27,29-38,47,52,55,58,64,73-75,78,83-84H,1-2,12,17,19-21,28,39-46,48-51,53-54,56-57H2,3-9H3,(H,93,103)(H,94,106)(H,95,110)(H,96,107)/t58-,64-,74+,75+,78+,83+,84+,91+/m1/s1. The maximum Gasteiger partial charge on any atom is 0.407 e. The van der Waals surface area contributed by atoms with E-state index in [0.29, 0.717) is 90.6 Å². The van der Waals surface area contributed by atoms with Crippen molar-refractivity contribution < 1.29 is 76.0 Å². The number of methoxy groups -OCH3 is 2. The van der Waals surface area contributed by atoms with Crippen LogP contribution < -0.4 is 26.0 Å². The van der Waals surface area contributed by atoms with Gasteiger partial charge in [0.05, 0.1) is 50.0 Å². The second kappa shape index (κ2) is 38.8. The van der Waals surface area contributed by atoms with Crippen LogP contribution in [0.15, 0.2) is 171 Å². The number of hydrogen-bond donors (Lipinski definition) is 4. The summed E-state index contributed by atoms with van der Waals surface area (Å²) in [5.74, 6) is -6.51. The molecule has 11 rings (SSSR count). The van der Waals surface area contributed by atoms with E-state index < -0.39 is 120 Å². The third-order valence-corrected chi connectivity index (χ3v) is 22.3. The van der Waals surface area contributed by atoms with Crippen molar-refractivity contribution in [3.63, 3.8) is 0 Å². The van der Waals surface area contributed by atoms with Crippen molar-refractivity contribution in [2.24, 2.45) is 5.92 Å². The van der Waals surface area contributed by atoms with Gasteiger partial charge in [-0.25, -0.2) is 9.18 Å². The third-order valence-electron chi connectivity index (χ3n) is 22.3. The van der Waals surface area contributed by atoms with Crippen LogP contribution >= 0.6 is 0 Å². The molecular weight excluding hydrogens is 1460 g/mol. The highest BCUT2D eigenvalue weighted by atomic mass is 19.1. The lowest BCUT2D eigenvalue weighted by molar-refractivity contribution is -0.150. The molecule has 3 aliphatic heterocycles. The van der Waals surface area contributed by atoms with Crippen molar-refractivity contribution in [1.29, 1.82) is 0 Å². The second-order valence-corrected chi connectivity index (χ2v) is 31.6. The first-order valence-electron chi connectivity index (χ1n) is 39.8. The summed E-state index contributed by atoms with van der Waals surface area (Å²) in [6.07, 6.45) is 4.61. The van der Waals surface area contributed by atoms with Gasteiger partial charge in [0.1, 0.15) is 42.9 Å². The number of esters is 1. The number of halogens is 1. The van der Waals surface area contributed by atoms with Crippen LogP contribution in [0.4, 0.5) is 9.18 Å². The number of carbonyl (C=O) groups excluding carboxylic acids is 10. The Bertz CT molecular complexity index is 4660. The van der Waals surface area contributed by atoms with Gasteiger partial charge >= 0.3 is 12.1 Å². The number of rotatable bonds is 31. The number of nitrogens with one attached hydrogen (secondary N) is 4. The molecule has 608 valence electrons. The van der Waals surface area contributed by atoms with E-state index in [1.54, 1.807) is 117 Å². The number of likely N-dealkylation sites (tertiary alicyclic amines) is 1. The summed E-state index contributed by atoms with van der Waals surface area (Å²) in [4.78, 5) is 152. The molecule has 1 aliphatic carbocycles. The van der Waals surface area contributed by atoms with E-state index >= 15 is 28.4 Å². The van der Waals surface area contributed by atoms with Crippen LogP contribution in [-0.2, 0) is 107 Å². The lowest BCUT2D eigenvalue weighted by Gasteiger charge is -2.37. The molecule has 4 N–H and O–H groups in total. The van der Waals surface area contributed by atoms with E-state index in [1.807, 2.05) is 77.4 Å². The summed E-state index contributed by atoms with van der Waals surface area (Å²) < 4.78 is 46.6. The highest BCUT2D eigenvalue weighted by molar-refractivity contribution is 5.99. The zero-order valence-corrected chi connectivity index (χ0v) is 66.9. The van der Waals surface area contributed by atoms with Crippen molar-refractivity contribution in [2.75, 3.05) is 47.1 Å². The van der Waals surface area contributed by atoms with Crippen molar-refractivity contribution in [3.05, 3.63) is 221 Å². The smallest absolute Gasteiger partial charge is 0.407 e. The molecule has 2 saturated heterocycles. The lowest BCUT2D eigenvalue weighted by Crippen LogP contribution is -2.63. The lowest BCUT2D eigenvalue weighted by atomic mass is 9.88. The minimum absolute atomic E-state index is 0.00232. The molecule has 6 aromatic carbocycles. The minimum atomic E-state index is -1.61. The number of aromatic nitrogens is 1. The number of aryl methyl sites for hydroxylation is 1. The molecule has 24 heteroatoms. The van der Waals surface area contributed by atoms with Crippen molar-refractivity contribution in [1.82, 2.24) is 40.5 Å². The van der Waals surface area contributed by atoms with Gasteiger partial charge in [-0.15, -0.1) is 13.2 Å². The van der Waals surface area contributed by atoms with Gasteiger partial charge in [0.15, 0.2) is 11.6 Å². The maximum absolute atomic E-state index is 16.2. The number of allylic oxidation sites excluding steroid dienone is 2. The van der Waals surface area contributed by atoms with E-state index in [1.165, 1.54) is 31.3 Å². The van der Waals surface area contributed by atoms with Gasteiger partial charge in [-0.05, 0) is 178 Å². The van der Waals surface area contributed by atoms with E-state index in [4.69, 9.17) is 23.7 Å². The van der Waals surface area contributed by atoms with Crippen LogP contribution in [0.25, 0.3) is 22.0 Å². The Morgan fingerprint density at radius 3 is 2.19 bits per heavy atom. The Balaban J connectivity index is 0.868. The highest BCUT2D eigenvalue weighted by Gasteiger charge is 2.50. The fourth-order valence-corrected chi connectivity index (χ4v) is 16.4. The number of ether oxygens (including phenoxy) is 5. The first-order valence-corrected chi connectivity index (χ1v) is 39.8. The summed E-state index contributed by atoms with van der Waals surface area (Å²) in [6, 6.07) is 36.2. The molecule has 8 atom stereocenters. The summed E-state index contributed by atoms with van der Waals surface area (Å²) in [5.41, 5.74) is 6.67. The van der Waals surface area contributed by atoms with Crippen LogP contribution in [0.1, 0.15) is 149 Å². The Labute approximate surface area is 672 Å². The van der Waals surface area contributed by atoms with Crippen molar-refractivity contribution in [2.45, 2.75) is 198 Å². The van der Waals surface area contributed by atoms with Gasteiger partial charge in [0.2, 0.25) is 35.4 Å².